The van der Waals surface area contributed by atoms with Gasteiger partial charge in [-0.3, -0.25) is 4.79 Å². The van der Waals surface area contributed by atoms with E-state index in [0.29, 0.717) is 0 Å². The Morgan fingerprint density at radius 2 is 1.95 bits per heavy atom. The Balaban J connectivity index is 2.47. The highest BCUT2D eigenvalue weighted by Crippen LogP contribution is 2.05. The van der Waals surface area contributed by atoms with Gasteiger partial charge in [-0.25, -0.2) is 4.79 Å². The number of benzene rings is 1. The number of carboxylic acids is 1. The zero-order chi connectivity index (χ0) is 15.0. The number of carbonyl (C=O) groups is 2. The molecule has 0 bridgehead atoms. The molecule has 0 heterocycles. The van der Waals surface area contributed by atoms with Gasteiger partial charge in [0.05, 0.1) is 18.6 Å². The van der Waals surface area contributed by atoms with E-state index in [2.05, 4.69) is 5.32 Å². The van der Waals surface area contributed by atoms with Crippen LogP contribution in [0.15, 0.2) is 30.3 Å². The third-order valence-corrected chi connectivity index (χ3v) is 2.85. The summed E-state index contributed by atoms with van der Waals surface area (Å²) in [6, 6.07) is 8.58. The molecule has 20 heavy (non-hydrogen) atoms. The third kappa shape index (κ3) is 5.71. The van der Waals surface area contributed by atoms with E-state index in [1.807, 2.05) is 30.3 Å². The standard InChI is InChI=1S/C14H19NO5/c1-10(19-2)12(8-13(16)17)15-14(18)20-9-11-6-4-3-5-7-11/h3-7,10,12H,8-9H2,1-2H3,(H,15,18)(H,16,17)/t10-,12-/m1/s1. The van der Waals surface area contributed by atoms with E-state index >= 15 is 0 Å². The number of methoxy groups -OCH3 is 1. The van der Waals surface area contributed by atoms with Crippen molar-refractivity contribution in [3.63, 3.8) is 0 Å². The Morgan fingerprint density at radius 1 is 1.30 bits per heavy atom. The van der Waals surface area contributed by atoms with Gasteiger partial charge < -0.3 is 19.9 Å². The highest BCUT2D eigenvalue weighted by molar-refractivity contribution is 5.71. The Morgan fingerprint density at radius 3 is 2.50 bits per heavy atom. The average Bonchev–Trinajstić information content (AvgIpc) is 2.44. The Labute approximate surface area is 117 Å². The lowest BCUT2D eigenvalue weighted by Crippen LogP contribution is -2.44. The van der Waals surface area contributed by atoms with Crippen molar-refractivity contribution >= 4 is 12.1 Å². The molecule has 1 rings (SSSR count). The Bertz CT molecular complexity index is 434. The number of hydrogen-bond acceptors (Lipinski definition) is 4. The monoisotopic (exact) mass is 281 g/mol. The first-order valence-corrected chi connectivity index (χ1v) is 6.24. The molecule has 6 heteroatoms. The molecule has 2 N–H and O–H groups in total. The van der Waals surface area contributed by atoms with E-state index in [1.165, 1.54) is 7.11 Å². The van der Waals surface area contributed by atoms with Gasteiger partial charge in [-0.2, -0.15) is 0 Å². The maximum atomic E-state index is 11.6. The first-order valence-electron chi connectivity index (χ1n) is 6.24. The van der Waals surface area contributed by atoms with Gasteiger partial charge in [-0.15, -0.1) is 0 Å². The topological polar surface area (TPSA) is 84.9 Å². The van der Waals surface area contributed by atoms with Gasteiger partial charge in [0.2, 0.25) is 0 Å². The SMILES string of the molecule is CO[C@H](C)[C@@H](CC(=O)O)NC(=O)OCc1ccccc1. The third-order valence-electron chi connectivity index (χ3n) is 2.85. The smallest absolute Gasteiger partial charge is 0.407 e. The summed E-state index contributed by atoms with van der Waals surface area (Å²) in [4.78, 5) is 22.4. The molecule has 110 valence electrons. The minimum absolute atomic E-state index is 0.133. The molecule has 6 nitrogen and oxygen atoms in total. The van der Waals surface area contributed by atoms with Gasteiger partial charge >= 0.3 is 12.1 Å². The molecule has 0 saturated carbocycles. The van der Waals surface area contributed by atoms with Gasteiger partial charge in [0, 0.05) is 7.11 Å². The predicted octanol–water partition coefficient (Wildman–Crippen LogP) is 1.79. The zero-order valence-corrected chi connectivity index (χ0v) is 11.5. The number of alkyl carbamates (subject to hydrolysis) is 1. The maximum Gasteiger partial charge on any atom is 0.407 e. The lowest BCUT2D eigenvalue weighted by atomic mass is 10.1. The fourth-order valence-electron chi connectivity index (χ4n) is 1.60. The summed E-state index contributed by atoms with van der Waals surface area (Å²) in [5.41, 5.74) is 0.859. The molecule has 0 spiro atoms. The number of amides is 1. The first-order chi connectivity index (χ1) is 9.52. The second-order valence-corrected chi connectivity index (χ2v) is 4.35. The van der Waals surface area contributed by atoms with Crippen molar-refractivity contribution in [1.29, 1.82) is 0 Å². The van der Waals surface area contributed by atoms with Crippen LogP contribution in [0, 0.1) is 0 Å². The van der Waals surface area contributed by atoms with Gasteiger partial charge in [-0.05, 0) is 12.5 Å². The number of carbonyl (C=O) groups excluding carboxylic acids is 1. The van der Waals surface area contributed by atoms with Crippen LogP contribution in [0.3, 0.4) is 0 Å². The summed E-state index contributed by atoms with van der Waals surface area (Å²) in [6.07, 6.45) is -1.31. The molecule has 0 aromatic heterocycles. The lowest BCUT2D eigenvalue weighted by molar-refractivity contribution is -0.138. The zero-order valence-electron chi connectivity index (χ0n) is 11.5. The molecule has 0 fully saturated rings. The molecule has 1 aromatic rings. The predicted molar refractivity (Wildman–Crippen MR) is 72.3 cm³/mol. The Kier molecular flexibility index (Phi) is 6.52. The highest BCUT2D eigenvalue weighted by atomic mass is 16.5. The number of carboxylic acid groups (broad SMARTS) is 1. The molecule has 1 aromatic carbocycles. The van der Waals surface area contributed by atoms with Gasteiger partial charge in [-0.1, -0.05) is 30.3 Å². The van der Waals surface area contributed by atoms with Crippen LogP contribution in [-0.2, 0) is 20.9 Å². The van der Waals surface area contributed by atoms with Crippen molar-refractivity contribution in [1.82, 2.24) is 5.32 Å². The average molecular weight is 281 g/mol. The van der Waals surface area contributed by atoms with E-state index in [1.54, 1.807) is 6.92 Å². The number of aliphatic carboxylic acids is 1. The summed E-state index contributed by atoms with van der Waals surface area (Å²) >= 11 is 0. The largest absolute Gasteiger partial charge is 0.481 e. The minimum Gasteiger partial charge on any atom is -0.481 e. The molecule has 2 atom stereocenters. The summed E-state index contributed by atoms with van der Waals surface area (Å²) in [6.45, 7) is 1.82. The molecule has 0 aliphatic rings. The normalized spacial score (nSPS) is 13.3. The second-order valence-electron chi connectivity index (χ2n) is 4.35. The van der Waals surface area contributed by atoms with Crippen molar-refractivity contribution in [2.45, 2.75) is 32.1 Å². The Hall–Kier alpha value is -2.08. The van der Waals surface area contributed by atoms with Crippen LogP contribution in [0.25, 0.3) is 0 Å². The number of rotatable bonds is 7. The quantitative estimate of drug-likeness (QED) is 0.796. The maximum absolute atomic E-state index is 11.6. The molecule has 0 aliphatic heterocycles. The molecule has 0 saturated heterocycles. The fourth-order valence-corrected chi connectivity index (χ4v) is 1.60. The molecular weight excluding hydrogens is 262 g/mol. The van der Waals surface area contributed by atoms with Gasteiger partial charge in [0.15, 0.2) is 0 Å². The number of ether oxygens (including phenoxy) is 2. The first kappa shape index (κ1) is 16.0. The van der Waals surface area contributed by atoms with Crippen LogP contribution in [0.1, 0.15) is 18.9 Å². The summed E-state index contributed by atoms with van der Waals surface area (Å²) in [5.74, 6) is -1.01. The molecule has 0 unspecified atom stereocenters. The highest BCUT2D eigenvalue weighted by Gasteiger charge is 2.22. The fraction of sp³-hybridized carbons (Fsp3) is 0.429. The van der Waals surface area contributed by atoms with Crippen LogP contribution in [-0.4, -0.2) is 36.4 Å². The summed E-state index contributed by atoms with van der Waals surface area (Å²) < 4.78 is 10.1. The van der Waals surface area contributed by atoms with Crippen molar-refractivity contribution in [2.75, 3.05) is 7.11 Å². The molecule has 0 aliphatic carbocycles. The van der Waals surface area contributed by atoms with E-state index in [-0.39, 0.29) is 13.0 Å². The molecular formula is C14H19NO5. The molecule has 1 amide bonds. The number of nitrogens with one attached hydrogen (secondary N) is 1. The van der Waals surface area contributed by atoms with Crippen molar-refractivity contribution in [3.05, 3.63) is 35.9 Å². The van der Waals surface area contributed by atoms with E-state index < -0.39 is 24.2 Å². The summed E-state index contributed by atoms with van der Waals surface area (Å²) in [7, 11) is 1.45. The van der Waals surface area contributed by atoms with Crippen molar-refractivity contribution in [3.8, 4) is 0 Å². The van der Waals surface area contributed by atoms with Crippen LogP contribution >= 0.6 is 0 Å². The summed E-state index contributed by atoms with van der Waals surface area (Å²) in [5, 5.41) is 11.3. The van der Waals surface area contributed by atoms with Gasteiger partial charge in [0.1, 0.15) is 6.61 Å². The second kappa shape index (κ2) is 8.16. The van der Waals surface area contributed by atoms with Crippen LogP contribution in [0.2, 0.25) is 0 Å². The van der Waals surface area contributed by atoms with Gasteiger partial charge in [0.25, 0.3) is 0 Å². The van der Waals surface area contributed by atoms with Crippen LogP contribution in [0.5, 0.6) is 0 Å². The lowest BCUT2D eigenvalue weighted by Gasteiger charge is -2.22. The van der Waals surface area contributed by atoms with E-state index in [9.17, 15) is 9.59 Å². The van der Waals surface area contributed by atoms with Crippen LogP contribution in [0.4, 0.5) is 4.79 Å². The van der Waals surface area contributed by atoms with Crippen molar-refractivity contribution in [2.24, 2.45) is 0 Å². The van der Waals surface area contributed by atoms with Crippen LogP contribution < -0.4 is 5.32 Å². The van der Waals surface area contributed by atoms with E-state index in [4.69, 9.17) is 14.6 Å². The number of hydrogen-bond donors (Lipinski definition) is 2. The molecule has 0 radical (unpaired) electrons. The minimum atomic E-state index is -1.01. The van der Waals surface area contributed by atoms with E-state index in [0.717, 1.165) is 5.56 Å². The van der Waals surface area contributed by atoms with Crippen molar-refractivity contribution < 1.29 is 24.2 Å².